The Morgan fingerprint density at radius 1 is 1.35 bits per heavy atom. The molecule has 1 saturated heterocycles. The van der Waals surface area contributed by atoms with Crippen LogP contribution in [0.4, 0.5) is 0 Å². The number of aryl methyl sites for hydroxylation is 2. The van der Waals surface area contributed by atoms with Crippen LogP contribution in [0, 0.1) is 6.92 Å². The van der Waals surface area contributed by atoms with Crippen molar-refractivity contribution in [2.75, 3.05) is 13.1 Å². The number of aliphatic hydroxyl groups is 1. The van der Waals surface area contributed by atoms with Crippen molar-refractivity contribution in [3.63, 3.8) is 0 Å². The first-order valence-corrected chi connectivity index (χ1v) is 10.1. The number of amides is 1. The fraction of sp³-hybridized carbons (Fsp3) is 0.381. The lowest BCUT2D eigenvalue weighted by atomic mass is 9.90. The number of fused-ring (bicyclic) bond motifs is 1. The van der Waals surface area contributed by atoms with Crippen molar-refractivity contribution in [3.05, 3.63) is 57.9 Å². The largest absolute Gasteiger partial charge is 0.391 e. The van der Waals surface area contributed by atoms with E-state index in [-0.39, 0.29) is 11.8 Å². The van der Waals surface area contributed by atoms with Crippen LogP contribution in [0.2, 0.25) is 0 Å². The van der Waals surface area contributed by atoms with E-state index in [0.717, 1.165) is 24.9 Å². The smallest absolute Gasteiger partial charge is 0.222 e. The van der Waals surface area contributed by atoms with Crippen LogP contribution in [0.15, 0.2) is 41.9 Å². The quantitative estimate of drug-likeness (QED) is 0.735. The highest BCUT2D eigenvalue weighted by atomic mass is 32.1. The van der Waals surface area contributed by atoms with Crippen LogP contribution in [-0.4, -0.2) is 40.1 Å². The number of aliphatic hydroxyl groups excluding tert-OH is 1. The molecule has 0 aliphatic carbocycles. The summed E-state index contributed by atoms with van der Waals surface area (Å²) in [5, 5.41) is 13.9. The zero-order valence-electron chi connectivity index (χ0n) is 14.9. The van der Waals surface area contributed by atoms with Crippen LogP contribution >= 0.6 is 11.3 Å². The molecular formula is C21H24N2O2S. The van der Waals surface area contributed by atoms with Gasteiger partial charge in [0, 0.05) is 47.4 Å². The second kappa shape index (κ2) is 7.25. The molecule has 4 nitrogen and oxygen atoms in total. The Kier molecular flexibility index (Phi) is 4.83. The second-order valence-electron chi connectivity index (χ2n) is 7.13. The lowest BCUT2D eigenvalue weighted by Crippen LogP contribution is -2.45. The highest BCUT2D eigenvalue weighted by Crippen LogP contribution is 2.34. The van der Waals surface area contributed by atoms with Gasteiger partial charge >= 0.3 is 0 Å². The summed E-state index contributed by atoms with van der Waals surface area (Å²) in [4.78, 5) is 19.0. The van der Waals surface area contributed by atoms with Gasteiger partial charge in [0.15, 0.2) is 0 Å². The van der Waals surface area contributed by atoms with E-state index in [4.69, 9.17) is 0 Å². The summed E-state index contributed by atoms with van der Waals surface area (Å²) in [6.45, 7) is 3.26. The van der Waals surface area contributed by atoms with Crippen LogP contribution in [0.3, 0.4) is 0 Å². The van der Waals surface area contributed by atoms with Gasteiger partial charge in [-0.05, 0) is 48.4 Å². The molecule has 0 unspecified atom stereocenters. The number of likely N-dealkylation sites (tertiary alicyclic amines) is 1. The third kappa shape index (κ3) is 3.29. The molecule has 0 spiro atoms. The van der Waals surface area contributed by atoms with Crippen LogP contribution in [0.5, 0.6) is 0 Å². The zero-order chi connectivity index (χ0) is 18.1. The number of carbonyl (C=O) groups is 1. The molecule has 1 aliphatic heterocycles. The lowest BCUT2D eigenvalue weighted by molar-refractivity contribution is -0.134. The van der Waals surface area contributed by atoms with E-state index in [0.29, 0.717) is 13.0 Å². The number of carbonyl (C=O) groups excluding carboxylic acids is 1. The fourth-order valence-electron chi connectivity index (χ4n) is 3.97. The molecule has 4 rings (SSSR count). The van der Waals surface area contributed by atoms with Crippen molar-refractivity contribution in [1.82, 2.24) is 9.88 Å². The van der Waals surface area contributed by atoms with Crippen molar-refractivity contribution < 1.29 is 9.90 Å². The summed E-state index contributed by atoms with van der Waals surface area (Å²) in [6, 6.07) is 10.3. The van der Waals surface area contributed by atoms with Gasteiger partial charge in [-0.25, -0.2) is 0 Å². The minimum Gasteiger partial charge on any atom is -0.391 e. The van der Waals surface area contributed by atoms with Gasteiger partial charge in [-0.15, -0.1) is 11.3 Å². The monoisotopic (exact) mass is 368 g/mol. The third-order valence-corrected chi connectivity index (χ3v) is 6.61. The molecule has 3 heterocycles. The molecule has 136 valence electrons. The normalized spacial score (nSPS) is 20.6. The maximum Gasteiger partial charge on any atom is 0.222 e. The van der Waals surface area contributed by atoms with Gasteiger partial charge in [-0.1, -0.05) is 18.2 Å². The summed E-state index contributed by atoms with van der Waals surface area (Å²) in [5.74, 6) is 0.295. The standard InChI is InChI=1S/C21H24N2O2S/c1-14-9-11-26-21(14)17-8-10-23(13-19(17)24)20(25)7-6-15-12-22-18-5-3-2-4-16(15)18/h2-5,9,11-12,17,19,22,24H,6-8,10,13H2,1H3/t17-,19-/m1/s1. The third-order valence-electron chi connectivity index (χ3n) is 5.46. The van der Waals surface area contributed by atoms with E-state index < -0.39 is 6.10 Å². The number of aromatic amines is 1. The van der Waals surface area contributed by atoms with E-state index >= 15 is 0 Å². The number of H-pyrrole nitrogens is 1. The van der Waals surface area contributed by atoms with Crippen LogP contribution in [0.25, 0.3) is 10.9 Å². The number of para-hydroxylation sites is 1. The van der Waals surface area contributed by atoms with E-state index in [1.165, 1.54) is 21.4 Å². The van der Waals surface area contributed by atoms with Crippen molar-refractivity contribution in [2.45, 2.75) is 38.2 Å². The molecule has 1 aliphatic rings. The van der Waals surface area contributed by atoms with Crippen molar-refractivity contribution in [1.29, 1.82) is 0 Å². The van der Waals surface area contributed by atoms with Gasteiger partial charge < -0.3 is 15.0 Å². The Morgan fingerprint density at radius 2 is 2.19 bits per heavy atom. The molecule has 1 amide bonds. The molecule has 2 N–H and O–H groups in total. The predicted molar refractivity (Wildman–Crippen MR) is 106 cm³/mol. The number of rotatable bonds is 4. The Hall–Kier alpha value is -2.11. The number of piperidine rings is 1. The highest BCUT2D eigenvalue weighted by molar-refractivity contribution is 7.10. The Bertz CT molecular complexity index is 914. The molecule has 5 heteroatoms. The zero-order valence-corrected chi connectivity index (χ0v) is 15.8. The number of thiophene rings is 1. The van der Waals surface area contributed by atoms with Crippen molar-refractivity contribution in [3.8, 4) is 0 Å². The average molecular weight is 369 g/mol. The molecule has 0 radical (unpaired) electrons. The fourth-order valence-corrected chi connectivity index (χ4v) is 5.09. The number of nitrogens with zero attached hydrogens (tertiary/aromatic N) is 1. The summed E-state index contributed by atoms with van der Waals surface area (Å²) in [5.41, 5.74) is 3.54. The minimum absolute atomic E-state index is 0.135. The van der Waals surface area contributed by atoms with Crippen LogP contribution in [-0.2, 0) is 11.2 Å². The Morgan fingerprint density at radius 3 is 2.96 bits per heavy atom. The van der Waals surface area contributed by atoms with Gasteiger partial charge in [-0.3, -0.25) is 4.79 Å². The number of hydrogen-bond acceptors (Lipinski definition) is 3. The molecule has 1 fully saturated rings. The molecule has 1 aromatic carbocycles. The Balaban J connectivity index is 1.37. The number of aromatic nitrogens is 1. The highest BCUT2D eigenvalue weighted by Gasteiger charge is 2.32. The topological polar surface area (TPSA) is 56.3 Å². The summed E-state index contributed by atoms with van der Waals surface area (Å²) in [6.07, 6.45) is 3.57. The van der Waals surface area contributed by atoms with Gasteiger partial charge in [0.2, 0.25) is 5.91 Å². The lowest BCUT2D eigenvalue weighted by Gasteiger charge is -2.36. The minimum atomic E-state index is -0.474. The maximum atomic E-state index is 12.6. The molecular weight excluding hydrogens is 344 g/mol. The van der Waals surface area contributed by atoms with Gasteiger partial charge in [-0.2, -0.15) is 0 Å². The first-order chi connectivity index (χ1) is 12.6. The molecule has 0 saturated carbocycles. The molecule has 0 bridgehead atoms. The Labute approximate surface area is 157 Å². The molecule has 3 aromatic rings. The molecule has 2 atom stereocenters. The van der Waals surface area contributed by atoms with E-state index in [1.807, 2.05) is 29.3 Å². The SMILES string of the molecule is Cc1ccsc1[C@@H]1CCN(C(=O)CCc2c[nH]c3ccccc23)C[C@H]1O. The van der Waals surface area contributed by atoms with Gasteiger partial charge in [0.1, 0.15) is 0 Å². The maximum absolute atomic E-state index is 12.6. The van der Waals surface area contributed by atoms with Crippen molar-refractivity contribution >= 4 is 28.1 Å². The van der Waals surface area contributed by atoms with Crippen LogP contribution in [0.1, 0.15) is 34.8 Å². The first kappa shape index (κ1) is 17.3. The number of benzene rings is 1. The summed E-state index contributed by atoms with van der Waals surface area (Å²) < 4.78 is 0. The number of nitrogens with one attached hydrogen (secondary N) is 1. The van der Waals surface area contributed by atoms with Gasteiger partial charge in [0.05, 0.1) is 6.10 Å². The van der Waals surface area contributed by atoms with E-state index in [2.05, 4.69) is 29.4 Å². The second-order valence-corrected chi connectivity index (χ2v) is 8.08. The average Bonchev–Trinajstić information content (AvgIpc) is 3.26. The van der Waals surface area contributed by atoms with Crippen LogP contribution < -0.4 is 0 Å². The summed E-state index contributed by atoms with van der Waals surface area (Å²) in [7, 11) is 0. The molecule has 26 heavy (non-hydrogen) atoms. The van der Waals surface area contributed by atoms with Crippen molar-refractivity contribution in [2.24, 2.45) is 0 Å². The summed E-state index contributed by atoms with van der Waals surface area (Å²) >= 11 is 1.71. The number of β-amino-alcohol motifs (C(OH)–C–C–N with tert-alkyl or cyclic N) is 1. The number of hydrogen-bond donors (Lipinski definition) is 2. The predicted octanol–water partition coefficient (Wildman–Crippen LogP) is 3.85. The first-order valence-electron chi connectivity index (χ1n) is 9.18. The van der Waals surface area contributed by atoms with E-state index in [1.54, 1.807) is 11.3 Å². The van der Waals surface area contributed by atoms with Gasteiger partial charge in [0.25, 0.3) is 0 Å². The van der Waals surface area contributed by atoms with E-state index in [9.17, 15) is 9.90 Å². The molecule has 2 aromatic heterocycles.